The molecule has 0 amide bonds. The van der Waals surface area contributed by atoms with E-state index in [-0.39, 0.29) is 4.90 Å². The van der Waals surface area contributed by atoms with Gasteiger partial charge in [0.1, 0.15) is 17.4 Å². The molecule has 2 rings (SSSR count). The first kappa shape index (κ1) is 16.3. The van der Waals surface area contributed by atoms with Crippen LogP contribution in [-0.2, 0) is 10.0 Å². The number of sulfonamides is 1. The third kappa shape index (κ3) is 4.76. The van der Waals surface area contributed by atoms with Gasteiger partial charge in [-0.15, -0.1) is 0 Å². The van der Waals surface area contributed by atoms with Gasteiger partial charge in [-0.1, -0.05) is 11.8 Å². The number of hydrogen-bond acceptors (Lipinski definition) is 8. The normalized spacial score (nSPS) is 11.3. The molecule has 0 saturated carbocycles. The Labute approximate surface area is 132 Å². The predicted molar refractivity (Wildman–Crippen MR) is 84.9 cm³/mol. The zero-order chi connectivity index (χ0) is 16.2. The summed E-state index contributed by atoms with van der Waals surface area (Å²) >= 11 is 1.35. The second-order valence-electron chi connectivity index (χ2n) is 4.21. The minimum atomic E-state index is -3.69. The van der Waals surface area contributed by atoms with Crippen LogP contribution in [0, 0.1) is 0 Å². The monoisotopic (exact) mass is 341 g/mol. The van der Waals surface area contributed by atoms with Crippen molar-refractivity contribution in [3.05, 3.63) is 30.3 Å². The van der Waals surface area contributed by atoms with E-state index in [0.29, 0.717) is 34.9 Å². The van der Waals surface area contributed by atoms with Crippen molar-refractivity contribution in [3.8, 4) is 5.75 Å². The molecule has 118 valence electrons. The minimum Gasteiger partial charge on any atom is -0.493 e. The van der Waals surface area contributed by atoms with Crippen LogP contribution in [0.3, 0.4) is 0 Å². The summed E-state index contributed by atoms with van der Waals surface area (Å²) in [5, 5.41) is 5.49. The highest BCUT2D eigenvalue weighted by molar-refractivity contribution is 7.99. The molecule has 1 aromatic carbocycles. The summed E-state index contributed by atoms with van der Waals surface area (Å²) in [6, 6.07) is 7.34. The van der Waals surface area contributed by atoms with Crippen LogP contribution in [0.2, 0.25) is 0 Å². The lowest BCUT2D eigenvalue weighted by Crippen LogP contribution is -2.11. The molecule has 8 nitrogen and oxygen atoms in total. The Morgan fingerprint density at radius 2 is 1.68 bits per heavy atom. The third-order valence-electron chi connectivity index (χ3n) is 2.48. The van der Waals surface area contributed by atoms with Gasteiger partial charge in [0.05, 0.1) is 11.5 Å². The summed E-state index contributed by atoms with van der Waals surface area (Å²) in [5.74, 6) is 1.75. The quantitative estimate of drug-likeness (QED) is 0.390. The maximum absolute atomic E-state index is 11.1. The van der Waals surface area contributed by atoms with Crippen molar-refractivity contribution in [2.24, 2.45) is 5.14 Å². The standard InChI is InChI=1S/C12H15N5O3S2/c13-10-7-11(14)17-12(16-10)21-6-5-20-8-1-3-9(4-2-8)22(15,18)19/h1-4,7H,5-6H2,(H2,15,18,19)(H4,13,14,16,17). The van der Waals surface area contributed by atoms with E-state index in [1.807, 2.05) is 0 Å². The van der Waals surface area contributed by atoms with Gasteiger partial charge in [0, 0.05) is 11.8 Å². The molecule has 0 unspecified atom stereocenters. The Balaban J connectivity index is 1.84. The molecule has 0 bridgehead atoms. The van der Waals surface area contributed by atoms with Crippen LogP contribution in [0.15, 0.2) is 40.4 Å². The fourth-order valence-corrected chi connectivity index (χ4v) is 2.75. The number of rotatable bonds is 6. The third-order valence-corrected chi connectivity index (χ3v) is 4.22. The Morgan fingerprint density at radius 1 is 1.09 bits per heavy atom. The summed E-state index contributed by atoms with van der Waals surface area (Å²) < 4.78 is 27.7. The van der Waals surface area contributed by atoms with E-state index in [1.165, 1.54) is 30.0 Å². The van der Waals surface area contributed by atoms with Crippen molar-refractivity contribution >= 4 is 33.4 Å². The first-order chi connectivity index (χ1) is 10.3. The van der Waals surface area contributed by atoms with Gasteiger partial charge in [-0.25, -0.2) is 23.5 Å². The van der Waals surface area contributed by atoms with E-state index in [4.69, 9.17) is 21.3 Å². The second-order valence-corrected chi connectivity index (χ2v) is 6.84. The van der Waals surface area contributed by atoms with Crippen molar-refractivity contribution in [3.63, 3.8) is 0 Å². The van der Waals surface area contributed by atoms with Crippen LogP contribution in [0.4, 0.5) is 11.6 Å². The van der Waals surface area contributed by atoms with Gasteiger partial charge in [0.15, 0.2) is 5.16 Å². The first-order valence-electron chi connectivity index (χ1n) is 6.13. The van der Waals surface area contributed by atoms with E-state index < -0.39 is 10.0 Å². The molecule has 0 atom stereocenters. The molecule has 2 aromatic rings. The Bertz CT molecular complexity index is 730. The number of primary sulfonamides is 1. The fourth-order valence-electron chi connectivity index (χ4n) is 1.54. The Hall–Kier alpha value is -2.04. The molecule has 1 aromatic heterocycles. The second kappa shape index (κ2) is 6.81. The topological polar surface area (TPSA) is 147 Å². The Kier molecular flexibility index (Phi) is 5.06. The largest absolute Gasteiger partial charge is 0.493 e. The predicted octanol–water partition coefficient (Wildman–Crippen LogP) is 0.460. The van der Waals surface area contributed by atoms with E-state index in [9.17, 15) is 8.42 Å². The number of nitrogens with two attached hydrogens (primary N) is 3. The van der Waals surface area contributed by atoms with Crippen molar-refractivity contribution in [2.75, 3.05) is 23.8 Å². The molecule has 0 aliphatic carbocycles. The lowest BCUT2D eigenvalue weighted by molar-refractivity contribution is 0.343. The number of thioether (sulfide) groups is 1. The molecule has 10 heteroatoms. The van der Waals surface area contributed by atoms with E-state index in [1.54, 1.807) is 12.1 Å². The van der Waals surface area contributed by atoms with Gasteiger partial charge >= 0.3 is 0 Å². The number of ether oxygens (including phenoxy) is 1. The Morgan fingerprint density at radius 3 is 2.23 bits per heavy atom. The van der Waals surface area contributed by atoms with Crippen LogP contribution in [-0.4, -0.2) is 30.7 Å². The maximum atomic E-state index is 11.1. The number of hydrogen-bond donors (Lipinski definition) is 3. The zero-order valence-electron chi connectivity index (χ0n) is 11.5. The molecular weight excluding hydrogens is 326 g/mol. The molecule has 0 saturated heterocycles. The van der Waals surface area contributed by atoms with Crippen molar-refractivity contribution in [1.82, 2.24) is 9.97 Å². The smallest absolute Gasteiger partial charge is 0.238 e. The summed E-state index contributed by atoms with van der Waals surface area (Å²) in [7, 11) is -3.69. The van der Waals surface area contributed by atoms with Crippen molar-refractivity contribution in [2.45, 2.75) is 10.1 Å². The first-order valence-corrected chi connectivity index (χ1v) is 8.66. The molecule has 0 aliphatic heterocycles. The lowest BCUT2D eigenvalue weighted by Gasteiger charge is -2.06. The highest BCUT2D eigenvalue weighted by atomic mass is 32.2. The summed E-state index contributed by atoms with van der Waals surface area (Å²) in [6.07, 6.45) is 0. The van der Waals surface area contributed by atoms with Gasteiger partial charge in [-0.3, -0.25) is 0 Å². The van der Waals surface area contributed by atoms with Gasteiger partial charge in [0.25, 0.3) is 0 Å². The molecule has 0 fully saturated rings. The maximum Gasteiger partial charge on any atom is 0.238 e. The van der Waals surface area contributed by atoms with Crippen LogP contribution in [0.25, 0.3) is 0 Å². The molecule has 22 heavy (non-hydrogen) atoms. The highest BCUT2D eigenvalue weighted by Crippen LogP contribution is 2.18. The molecule has 1 heterocycles. The average Bonchev–Trinajstić information content (AvgIpc) is 2.42. The average molecular weight is 341 g/mol. The zero-order valence-corrected chi connectivity index (χ0v) is 13.1. The van der Waals surface area contributed by atoms with Gasteiger partial charge in [-0.05, 0) is 24.3 Å². The van der Waals surface area contributed by atoms with Gasteiger partial charge < -0.3 is 16.2 Å². The number of nitrogen functional groups attached to an aromatic ring is 2. The van der Waals surface area contributed by atoms with E-state index in [2.05, 4.69) is 9.97 Å². The molecule has 6 N–H and O–H groups in total. The number of nitrogens with zero attached hydrogens (tertiary/aromatic N) is 2. The molecule has 0 aliphatic rings. The minimum absolute atomic E-state index is 0.0397. The summed E-state index contributed by atoms with van der Waals surface area (Å²) in [6.45, 7) is 0.386. The van der Waals surface area contributed by atoms with E-state index >= 15 is 0 Å². The van der Waals surface area contributed by atoms with Crippen molar-refractivity contribution < 1.29 is 13.2 Å². The molecule has 0 radical (unpaired) electrons. The van der Waals surface area contributed by atoms with Gasteiger partial charge in [0.2, 0.25) is 10.0 Å². The van der Waals surface area contributed by atoms with Crippen LogP contribution in [0.5, 0.6) is 5.75 Å². The van der Waals surface area contributed by atoms with E-state index in [0.717, 1.165) is 0 Å². The SMILES string of the molecule is Nc1cc(N)nc(SCCOc2ccc(S(N)(=O)=O)cc2)n1. The number of benzene rings is 1. The number of aromatic nitrogens is 2. The summed E-state index contributed by atoms with van der Waals surface area (Å²) in [5.41, 5.74) is 11.1. The lowest BCUT2D eigenvalue weighted by atomic mass is 10.3. The number of anilines is 2. The van der Waals surface area contributed by atoms with Gasteiger partial charge in [-0.2, -0.15) is 0 Å². The van der Waals surface area contributed by atoms with Crippen LogP contribution < -0.4 is 21.3 Å². The molecule has 0 spiro atoms. The summed E-state index contributed by atoms with van der Waals surface area (Å²) in [4.78, 5) is 8.10. The van der Waals surface area contributed by atoms with Crippen LogP contribution in [0.1, 0.15) is 0 Å². The van der Waals surface area contributed by atoms with Crippen molar-refractivity contribution in [1.29, 1.82) is 0 Å². The highest BCUT2D eigenvalue weighted by Gasteiger charge is 2.07. The van der Waals surface area contributed by atoms with Crippen LogP contribution >= 0.6 is 11.8 Å². The molecular formula is C12H15N5O3S2. The fraction of sp³-hybridized carbons (Fsp3) is 0.167.